The van der Waals surface area contributed by atoms with Gasteiger partial charge in [-0.1, -0.05) is 25.3 Å². The molecule has 0 saturated heterocycles. The standard InChI is InChI=1S/C15H15N3O/c1-3-6-11(4-2)18-15(19)12-7-5-8-13-14(12)17-10-9-16-13/h2,5,7-11H,3,6H2,1H3,(H,18,19). The van der Waals surface area contributed by atoms with Gasteiger partial charge in [0.15, 0.2) is 0 Å². The monoisotopic (exact) mass is 253 g/mol. The number of hydrogen-bond acceptors (Lipinski definition) is 3. The first-order chi connectivity index (χ1) is 9.26. The van der Waals surface area contributed by atoms with Crippen molar-refractivity contribution in [3.8, 4) is 12.3 Å². The summed E-state index contributed by atoms with van der Waals surface area (Å²) in [4.78, 5) is 20.6. The van der Waals surface area contributed by atoms with Crippen LogP contribution in [0.2, 0.25) is 0 Å². The topological polar surface area (TPSA) is 54.9 Å². The fourth-order valence-electron chi connectivity index (χ4n) is 1.90. The number of benzene rings is 1. The summed E-state index contributed by atoms with van der Waals surface area (Å²) in [5.74, 6) is 2.38. The SMILES string of the molecule is C#CC(CCC)NC(=O)c1cccc2nccnc12. The van der Waals surface area contributed by atoms with Gasteiger partial charge in [-0.05, 0) is 18.6 Å². The van der Waals surface area contributed by atoms with Crippen LogP contribution in [0.3, 0.4) is 0 Å². The minimum atomic E-state index is -0.246. The van der Waals surface area contributed by atoms with E-state index in [1.165, 1.54) is 0 Å². The maximum Gasteiger partial charge on any atom is 0.254 e. The van der Waals surface area contributed by atoms with Gasteiger partial charge >= 0.3 is 0 Å². The van der Waals surface area contributed by atoms with E-state index in [9.17, 15) is 4.79 Å². The molecular formula is C15H15N3O. The Hall–Kier alpha value is -2.41. The van der Waals surface area contributed by atoms with Crippen molar-refractivity contribution in [2.24, 2.45) is 0 Å². The van der Waals surface area contributed by atoms with E-state index in [0.717, 1.165) is 12.8 Å². The molecule has 2 rings (SSSR count). The molecule has 0 radical (unpaired) electrons. The predicted molar refractivity (Wildman–Crippen MR) is 74.5 cm³/mol. The molecule has 19 heavy (non-hydrogen) atoms. The lowest BCUT2D eigenvalue weighted by atomic mass is 10.1. The largest absolute Gasteiger partial charge is 0.338 e. The molecule has 1 amide bonds. The first-order valence-corrected chi connectivity index (χ1v) is 6.23. The third-order valence-electron chi connectivity index (χ3n) is 2.83. The van der Waals surface area contributed by atoms with Crippen LogP contribution in [-0.2, 0) is 0 Å². The van der Waals surface area contributed by atoms with Gasteiger partial charge in [-0.2, -0.15) is 0 Å². The number of carbonyl (C=O) groups is 1. The van der Waals surface area contributed by atoms with Crippen LogP contribution in [0.5, 0.6) is 0 Å². The van der Waals surface area contributed by atoms with Crippen LogP contribution < -0.4 is 5.32 Å². The Morgan fingerprint density at radius 1 is 1.42 bits per heavy atom. The number of carbonyl (C=O) groups excluding carboxylic acids is 1. The van der Waals surface area contributed by atoms with Gasteiger partial charge in [-0.25, -0.2) is 0 Å². The zero-order valence-electron chi connectivity index (χ0n) is 10.8. The second-order valence-electron chi connectivity index (χ2n) is 4.21. The highest BCUT2D eigenvalue weighted by atomic mass is 16.1. The molecule has 0 aliphatic heterocycles. The summed E-state index contributed by atoms with van der Waals surface area (Å²) in [5, 5.41) is 2.83. The van der Waals surface area contributed by atoms with Crippen molar-refractivity contribution in [2.45, 2.75) is 25.8 Å². The molecule has 0 saturated carbocycles. The van der Waals surface area contributed by atoms with E-state index < -0.39 is 0 Å². The minimum Gasteiger partial charge on any atom is -0.338 e. The smallest absolute Gasteiger partial charge is 0.254 e. The predicted octanol–water partition coefficient (Wildman–Crippen LogP) is 2.16. The number of aromatic nitrogens is 2. The second kappa shape index (κ2) is 5.96. The summed E-state index contributed by atoms with van der Waals surface area (Å²) in [5.41, 5.74) is 1.79. The molecular weight excluding hydrogens is 238 g/mol. The van der Waals surface area contributed by atoms with Gasteiger partial charge in [0.25, 0.3) is 5.91 Å². The quantitative estimate of drug-likeness (QED) is 0.849. The molecule has 4 nitrogen and oxygen atoms in total. The Morgan fingerprint density at radius 3 is 2.95 bits per heavy atom. The molecule has 1 aromatic heterocycles. The molecule has 0 aliphatic rings. The molecule has 96 valence electrons. The first-order valence-electron chi connectivity index (χ1n) is 6.23. The summed E-state index contributed by atoms with van der Waals surface area (Å²) in [6.07, 6.45) is 10.3. The number of terminal acetylenes is 1. The van der Waals surface area contributed by atoms with Crippen LogP contribution in [0.1, 0.15) is 30.1 Å². The van der Waals surface area contributed by atoms with Gasteiger partial charge in [0, 0.05) is 12.4 Å². The molecule has 0 spiro atoms. The molecule has 1 unspecified atom stereocenters. The summed E-state index contributed by atoms with van der Waals surface area (Å²) in [6, 6.07) is 5.09. The summed E-state index contributed by atoms with van der Waals surface area (Å²) < 4.78 is 0. The highest BCUT2D eigenvalue weighted by Gasteiger charge is 2.14. The van der Waals surface area contributed by atoms with Crippen molar-refractivity contribution in [1.29, 1.82) is 0 Å². The number of rotatable bonds is 4. The molecule has 1 atom stereocenters. The Balaban J connectivity index is 2.29. The van der Waals surface area contributed by atoms with E-state index in [1.807, 2.05) is 13.0 Å². The average molecular weight is 253 g/mol. The zero-order valence-corrected chi connectivity index (χ0v) is 10.8. The molecule has 0 fully saturated rings. The van der Waals surface area contributed by atoms with Gasteiger partial charge < -0.3 is 5.32 Å². The van der Waals surface area contributed by atoms with Gasteiger partial charge in [0.1, 0.15) is 5.52 Å². The van der Waals surface area contributed by atoms with Crippen LogP contribution in [0.4, 0.5) is 0 Å². The third kappa shape index (κ3) is 2.89. The molecule has 0 bridgehead atoms. The van der Waals surface area contributed by atoms with Gasteiger partial charge in [-0.3, -0.25) is 14.8 Å². The molecule has 1 heterocycles. The number of nitrogens with zero attached hydrogens (tertiary/aromatic N) is 2. The lowest BCUT2D eigenvalue weighted by Gasteiger charge is -2.12. The maximum atomic E-state index is 12.2. The van der Waals surface area contributed by atoms with Crippen LogP contribution in [0.25, 0.3) is 11.0 Å². The van der Waals surface area contributed by atoms with E-state index in [0.29, 0.717) is 16.6 Å². The van der Waals surface area contributed by atoms with Crippen LogP contribution in [0, 0.1) is 12.3 Å². The fourth-order valence-corrected chi connectivity index (χ4v) is 1.90. The van der Waals surface area contributed by atoms with Crippen LogP contribution >= 0.6 is 0 Å². The van der Waals surface area contributed by atoms with E-state index in [-0.39, 0.29) is 11.9 Å². The molecule has 1 aromatic carbocycles. The lowest BCUT2D eigenvalue weighted by Crippen LogP contribution is -2.33. The first kappa shape index (κ1) is 13.0. The maximum absolute atomic E-state index is 12.2. The Morgan fingerprint density at radius 2 is 2.21 bits per heavy atom. The number of nitrogens with one attached hydrogen (secondary N) is 1. The van der Waals surface area contributed by atoms with Crippen LogP contribution in [0.15, 0.2) is 30.6 Å². The Kier molecular flexibility index (Phi) is 4.09. The molecule has 0 aliphatic carbocycles. The summed E-state index contributed by atoms with van der Waals surface area (Å²) >= 11 is 0. The normalized spacial score (nSPS) is 11.8. The van der Waals surface area contributed by atoms with Crippen LogP contribution in [-0.4, -0.2) is 21.9 Å². The van der Waals surface area contributed by atoms with E-state index >= 15 is 0 Å². The average Bonchev–Trinajstić information content (AvgIpc) is 2.46. The van der Waals surface area contributed by atoms with E-state index in [2.05, 4.69) is 21.2 Å². The zero-order chi connectivity index (χ0) is 13.7. The third-order valence-corrected chi connectivity index (χ3v) is 2.83. The van der Waals surface area contributed by atoms with Crippen molar-refractivity contribution in [3.05, 3.63) is 36.2 Å². The summed E-state index contributed by atoms with van der Waals surface area (Å²) in [7, 11) is 0. The van der Waals surface area contributed by atoms with Crippen molar-refractivity contribution < 1.29 is 4.79 Å². The lowest BCUT2D eigenvalue weighted by molar-refractivity contribution is 0.0946. The van der Waals surface area contributed by atoms with Crippen molar-refractivity contribution in [3.63, 3.8) is 0 Å². The van der Waals surface area contributed by atoms with Crippen molar-refractivity contribution in [2.75, 3.05) is 0 Å². The molecule has 4 heteroatoms. The number of amides is 1. The van der Waals surface area contributed by atoms with Gasteiger partial charge in [-0.15, -0.1) is 6.42 Å². The van der Waals surface area contributed by atoms with Gasteiger partial charge in [0.05, 0.1) is 17.1 Å². The number of hydrogen-bond donors (Lipinski definition) is 1. The van der Waals surface area contributed by atoms with Gasteiger partial charge in [0.2, 0.25) is 0 Å². The van der Waals surface area contributed by atoms with E-state index in [4.69, 9.17) is 6.42 Å². The minimum absolute atomic E-state index is 0.206. The number of para-hydroxylation sites is 1. The summed E-state index contributed by atoms with van der Waals surface area (Å²) in [6.45, 7) is 2.03. The Labute approximate surface area is 112 Å². The highest BCUT2D eigenvalue weighted by molar-refractivity contribution is 6.04. The fraction of sp³-hybridized carbons (Fsp3) is 0.267. The highest BCUT2D eigenvalue weighted by Crippen LogP contribution is 2.14. The van der Waals surface area contributed by atoms with Crippen molar-refractivity contribution >= 4 is 16.9 Å². The number of fused-ring (bicyclic) bond motifs is 1. The van der Waals surface area contributed by atoms with Crippen molar-refractivity contribution in [1.82, 2.24) is 15.3 Å². The molecule has 1 N–H and O–H groups in total. The molecule has 2 aromatic rings. The van der Waals surface area contributed by atoms with E-state index in [1.54, 1.807) is 24.5 Å². The Bertz CT molecular complexity index is 625. The second-order valence-corrected chi connectivity index (χ2v) is 4.21.